The molecule has 2 unspecified atom stereocenters. The predicted octanol–water partition coefficient (Wildman–Crippen LogP) is 1.62. The molecule has 0 saturated carbocycles. The van der Waals surface area contributed by atoms with Gasteiger partial charge in [-0.2, -0.15) is 0 Å². The van der Waals surface area contributed by atoms with Crippen molar-refractivity contribution in [3.05, 3.63) is 23.9 Å². The number of hydrogen-bond acceptors (Lipinski definition) is 2. The molecule has 0 spiro atoms. The van der Waals surface area contributed by atoms with Crippen molar-refractivity contribution in [3.8, 4) is 0 Å². The van der Waals surface area contributed by atoms with Gasteiger partial charge in [-0.3, -0.25) is 0 Å². The molecule has 0 aromatic carbocycles. The monoisotopic (exact) mass is 184 g/mol. The standard InChI is InChI=1S/C10H17FN2/c1-2-3-6-10(11)7-8(12)4-5-9(10)13/h4-5,7,9H,2-3,6,12-13H2,1H3. The highest BCUT2D eigenvalue weighted by Gasteiger charge is 2.34. The molecule has 0 saturated heterocycles. The average Bonchev–Trinajstić information content (AvgIpc) is 2.09. The number of hydrogen-bond donors (Lipinski definition) is 2. The summed E-state index contributed by atoms with van der Waals surface area (Å²) in [6.45, 7) is 2.03. The van der Waals surface area contributed by atoms with Gasteiger partial charge in [-0.25, -0.2) is 4.39 Å². The van der Waals surface area contributed by atoms with Gasteiger partial charge in [-0.15, -0.1) is 0 Å². The van der Waals surface area contributed by atoms with E-state index in [1.807, 2.05) is 6.92 Å². The van der Waals surface area contributed by atoms with Crippen molar-refractivity contribution in [1.29, 1.82) is 0 Å². The lowest BCUT2D eigenvalue weighted by molar-refractivity contribution is 0.185. The molecule has 0 aromatic heterocycles. The Morgan fingerprint density at radius 1 is 1.62 bits per heavy atom. The predicted molar refractivity (Wildman–Crippen MR) is 52.7 cm³/mol. The Kier molecular flexibility index (Phi) is 3.09. The minimum atomic E-state index is -1.44. The van der Waals surface area contributed by atoms with Crippen molar-refractivity contribution in [2.45, 2.75) is 37.9 Å². The summed E-state index contributed by atoms with van der Waals surface area (Å²) in [5.41, 5.74) is 10.2. The highest BCUT2D eigenvalue weighted by atomic mass is 19.1. The van der Waals surface area contributed by atoms with Gasteiger partial charge in [0.1, 0.15) is 5.67 Å². The Morgan fingerprint density at radius 2 is 2.31 bits per heavy atom. The van der Waals surface area contributed by atoms with Crippen LogP contribution in [0.3, 0.4) is 0 Å². The van der Waals surface area contributed by atoms with Crippen LogP contribution >= 0.6 is 0 Å². The zero-order valence-corrected chi connectivity index (χ0v) is 7.96. The van der Waals surface area contributed by atoms with Crippen molar-refractivity contribution in [2.75, 3.05) is 0 Å². The summed E-state index contributed by atoms with van der Waals surface area (Å²) in [5, 5.41) is 0. The van der Waals surface area contributed by atoms with Crippen molar-refractivity contribution < 1.29 is 4.39 Å². The Bertz CT molecular complexity index is 235. The summed E-state index contributed by atoms with van der Waals surface area (Å²) in [6.07, 6.45) is 6.99. The van der Waals surface area contributed by atoms with E-state index < -0.39 is 11.7 Å². The van der Waals surface area contributed by atoms with Crippen LogP contribution in [0.4, 0.5) is 4.39 Å². The molecule has 2 atom stereocenters. The average molecular weight is 184 g/mol. The fourth-order valence-electron chi connectivity index (χ4n) is 1.48. The molecule has 74 valence electrons. The number of halogens is 1. The molecular weight excluding hydrogens is 167 g/mol. The quantitative estimate of drug-likeness (QED) is 0.700. The highest BCUT2D eigenvalue weighted by Crippen LogP contribution is 2.28. The van der Waals surface area contributed by atoms with Gasteiger partial charge in [0.2, 0.25) is 0 Å². The third-order valence-corrected chi connectivity index (χ3v) is 2.37. The maximum absolute atomic E-state index is 14.1. The number of alkyl halides is 1. The molecule has 2 nitrogen and oxygen atoms in total. The second-order valence-corrected chi connectivity index (χ2v) is 3.56. The Labute approximate surface area is 78.5 Å². The molecule has 0 heterocycles. The third-order valence-electron chi connectivity index (χ3n) is 2.37. The van der Waals surface area contributed by atoms with Gasteiger partial charge in [0.15, 0.2) is 0 Å². The van der Waals surface area contributed by atoms with Crippen LogP contribution in [-0.4, -0.2) is 11.7 Å². The topological polar surface area (TPSA) is 52.0 Å². The summed E-state index contributed by atoms with van der Waals surface area (Å²) in [7, 11) is 0. The Morgan fingerprint density at radius 3 is 2.92 bits per heavy atom. The first-order valence-corrected chi connectivity index (χ1v) is 4.69. The fraction of sp³-hybridized carbons (Fsp3) is 0.600. The minimum Gasteiger partial charge on any atom is -0.399 e. The van der Waals surface area contributed by atoms with Crippen molar-refractivity contribution in [1.82, 2.24) is 0 Å². The van der Waals surface area contributed by atoms with Gasteiger partial charge < -0.3 is 11.5 Å². The molecule has 1 aliphatic rings. The van der Waals surface area contributed by atoms with Gasteiger partial charge in [0.05, 0.1) is 6.04 Å². The van der Waals surface area contributed by atoms with Crippen LogP contribution in [0.5, 0.6) is 0 Å². The normalized spacial score (nSPS) is 33.2. The molecule has 0 aliphatic heterocycles. The Balaban J connectivity index is 2.70. The van der Waals surface area contributed by atoms with Crippen LogP contribution in [-0.2, 0) is 0 Å². The molecule has 0 aromatic rings. The molecule has 1 aliphatic carbocycles. The second-order valence-electron chi connectivity index (χ2n) is 3.56. The smallest absolute Gasteiger partial charge is 0.149 e. The van der Waals surface area contributed by atoms with Crippen LogP contribution in [0.1, 0.15) is 26.2 Å². The summed E-state index contributed by atoms with van der Waals surface area (Å²) in [4.78, 5) is 0. The van der Waals surface area contributed by atoms with Crippen LogP contribution in [0, 0.1) is 0 Å². The molecular formula is C10H17FN2. The van der Waals surface area contributed by atoms with Gasteiger partial charge >= 0.3 is 0 Å². The van der Waals surface area contributed by atoms with Crippen LogP contribution in [0.25, 0.3) is 0 Å². The third kappa shape index (κ3) is 2.31. The maximum atomic E-state index is 14.1. The zero-order valence-electron chi connectivity index (χ0n) is 7.96. The highest BCUT2D eigenvalue weighted by molar-refractivity contribution is 5.30. The van der Waals surface area contributed by atoms with E-state index in [0.29, 0.717) is 12.1 Å². The van der Waals surface area contributed by atoms with E-state index in [1.165, 1.54) is 6.08 Å². The number of nitrogens with two attached hydrogens (primary N) is 2. The molecule has 0 amide bonds. The number of rotatable bonds is 3. The molecule has 1 rings (SSSR count). The van der Waals surface area contributed by atoms with Gasteiger partial charge in [0.25, 0.3) is 0 Å². The van der Waals surface area contributed by atoms with E-state index in [1.54, 1.807) is 12.2 Å². The van der Waals surface area contributed by atoms with Crippen molar-refractivity contribution in [2.24, 2.45) is 11.5 Å². The number of unbranched alkanes of at least 4 members (excludes halogenated alkanes) is 1. The van der Waals surface area contributed by atoms with E-state index >= 15 is 0 Å². The summed E-state index contributed by atoms with van der Waals surface area (Å²) >= 11 is 0. The maximum Gasteiger partial charge on any atom is 0.149 e. The van der Waals surface area contributed by atoms with E-state index in [4.69, 9.17) is 11.5 Å². The van der Waals surface area contributed by atoms with Gasteiger partial charge in [-0.1, -0.05) is 25.8 Å². The van der Waals surface area contributed by atoms with E-state index in [2.05, 4.69) is 0 Å². The van der Waals surface area contributed by atoms with Crippen LogP contribution in [0.15, 0.2) is 23.9 Å². The largest absolute Gasteiger partial charge is 0.399 e. The lowest BCUT2D eigenvalue weighted by Crippen LogP contribution is -2.43. The van der Waals surface area contributed by atoms with E-state index in [9.17, 15) is 4.39 Å². The first-order chi connectivity index (χ1) is 6.08. The molecule has 0 fully saturated rings. The summed E-state index contributed by atoms with van der Waals surface area (Å²) in [6, 6.07) is -0.550. The lowest BCUT2D eigenvalue weighted by atomic mass is 9.87. The summed E-state index contributed by atoms with van der Waals surface area (Å²) < 4.78 is 14.1. The lowest BCUT2D eigenvalue weighted by Gasteiger charge is -2.29. The fourth-order valence-corrected chi connectivity index (χ4v) is 1.48. The number of allylic oxidation sites excluding steroid dienone is 1. The van der Waals surface area contributed by atoms with Crippen molar-refractivity contribution >= 4 is 0 Å². The second kappa shape index (κ2) is 3.92. The minimum absolute atomic E-state index is 0.454. The van der Waals surface area contributed by atoms with Gasteiger partial charge in [-0.05, 0) is 18.6 Å². The zero-order chi connectivity index (χ0) is 9.90. The van der Waals surface area contributed by atoms with Crippen LogP contribution < -0.4 is 11.5 Å². The first-order valence-electron chi connectivity index (χ1n) is 4.69. The SMILES string of the molecule is CCCCC1(F)C=C(N)C=CC1N. The van der Waals surface area contributed by atoms with Gasteiger partial charge in [0, 0.05) is 5.70 Å². The summed E-state index contributed by atoms with van der Waals surface area (Å²) in [5.74, 6) is 0. The molecule has 4 N–H and O–H groups in total. The molecule has 0 radical (unpaired) electrons. The van der Waals surface area contributed by atoms with E-state index in [-0.39, 0.29) is 0 Å². The Hall–Kier alpha value is -0.830. The van der Waals surface area contributed by atoms with Crippen LogP contribution in [0.2, 0.25) is 0 Å². The van der Waals surface area contributed by atoms with Crippen molar-refractivity contribution in [3.63, 3.8) is 0 Å². The first kappa shape index (κ1) is 10.3. The van der Waals surface area contributed by atoms with E-state index in [0.717, 1.165) is 12.8 Å². The molecule has 0 bridgehead atoms. The molecule has 3 heteroatoms. The molecule has 13 heavy (non-hydrogen) atoms.